The standard InChI is InChI=1S/C17H19F3N2O/c1-22(15-8-3-2-4-9-15)12-11-21-13-14-7-5-6-10-16(14)23-17(18,19)20/h2-10,21H,11-13H2,1H3. The van der Waals surface area contributed by atoms with Gasteiger partial charge in [-0.05, 0) is 18.2 Å². The number of hydrogen-bond acceptors (Lipinski definition) is 3. The molecule has 23 heavy (non-hydrogen) atoms. The number of rotatable bonds is 7. The van der Waals surface area contributed by atoms with Crippen molar-refractivity contribution in [3.8, 4) is 5.75 Å². The minimum atomic E-state index is -4.68. The van der Waals surface area contributed by atoms with E-state index in [0.29, 0.717) is 18.7 Å². The molecule has 2 aromatic carbocycles. The molecule has 0 saturated heterocycles. The Hall–Kier alpha value is -2.21. The average molecular weight is 324 g/mol. The summed E-state index contributed by atoms with van der Waals surface area (Å²) in [5.74, 6) is -0.163. The fourth-order valence-electron chi connectivity index (χ4n) is 2.16. The van der Waals surface area contributed by atoms with Crippen molar-refractivity contribution in [3.05, 3.63) is 60.2 Å². The van der Waals surface area contributed by atoms with Gasteiger partial charge >= 0.3 is 6.36 Å². The summed E-state index contributed by atoms with van der Waals surface area (Å²) in [4.78, 5) is 2.07. The molecule has 0 amide bonds. The summed E-state index contributed by atoms with van der Waals surface area (Å²) < 4.78 is 41.1. The van der Waals surface area contributed by atoms with Crippen molar-refractivity contribution in [3.63, 3.8) is 0 Å². The van der Waals surface area contributed by atoms with Gasteiger partial charge in [-0.25, -0.2) is 0 Å². The van der Waals surface area contributed by atoms with E-state index in [0.717, 1.165) is 12.2 Å². The highest BCUT2D eigenvalue weighted by Crippen LogP contribution is 2.26. The summed E-state index contributed by atoms with van der Waals surface area (Å²) in [5, 5.41) is 3.14. The molecule has 0 saturated carbocycles. The lowest BCUT2D eigenvalue weighted by Gasteiger charge is -2.19. The van der Waals surface area contributed by atoms with E-state index in [2.05, 4.69) is 15.0 Å². The highest BCUT2D eigenvalue weighted by Gasteiger charge is 2.31. The van der Waals surface area contributed by atoms with Gasteiger partial charge in [0, 0.05) is 37.9 Å². The van der Waals surface area contributed by atoms with Crippen LogP contribution in [0.4, 0.5) is 18.9 Å². The number of nitrogens with one attached hydrogen (secondary N) is 1. The molecule has 0 aliphatic heterocycles. The van der Waals surface area contributed by atoms with Crippen molar-refractivity contribution in [2.24, 2.45) is 0 Å². The minimum Gasteiger partial charge on any atom is -0.405 e. The first-order valence-corrected chi connectivity index (χ1v) is 7.26. The third-order valence-corrected chi connectivity index (χ3v) is 3.33. The van der Waals surface area contributed by atoms with Crippen LogP contribution in [-0.4, -0.2) is 26.5 Å². The van der Waals surface area contributed by atoms with Gasteiger partial charge in [-0.15, -0.1) is 13.2 Å². The summed E-state index contributed by atoms with van der Waals surface area (Å²) in [5.41, 5.74) is 1.57. The highest BCUT2D eigenvalue weighted by molar-refractivity contribution is 5.44. The molecule has 0 aromatic heterocycles. The maximum atomic E-state index is 12.4. The van der Waals surface area contributed by atoms with Crippen LogP contribution in [0.25, 0.3) is 0 Å². The molecule has 124 valence electrons. The Morgan fingerprint density at radius 1 is 1.00 bits per heavy atom. The molecule has 0 bridgehead atoms. The van der Waals surface area contributed by atoms with E-state index in [9.17, 15) is 13.2 Å². The van der Waals surface area contributed by atoms with Crippen molar-refractivity contribution in [1.82, 2.24) is 5.32 Å². The second-order valence-corrected chi connectivity index (χ2v) is 5.09. The number of alkyl halides is 3. The van der Waals surface area contributed by atoms with E-state index in [-0.39, 0.29) is 5.75 Å². The Morgan fingerprint density at radius 3 is 2.35 bits per heavy atom. The maximum absolute atomic E-state index is 12.4. The van der Waals surface area contributed by atoms with Gasteiger partial charge in [-0.3, -0.25) is 0 Å². The van der Waals surface area contributed by atoms with Crippen LogP contribution >= 0.6 is 0 Å². The third-order valence-electron chi connectivity index (χ3n) is 3.33. The van der Waals surface area contributed by atoms with Crippen molar-refractivity contribution in [2.75, 3.05) is 25.0 Å². The van der Waals surface area contributed by atoms with Crippen LogP contribution in [0.5, 0.6) is 5.75 Å². The van der Waals surface area contributed by atoms with Gasteiger partial charge in [0.1, 0.15) is 5.75 Å². The number of hydrogen-bond donors (Lipinski definition) is 1. The normalized spacial score (nSPS) is 11.3. The van der Waals surface area contributed by atoms with Gasteiger partial charge in [-0.1, -0.05) is 36.4 Å². The molecular formula is C17H19F3N2O. The topological polar surface area (TPSA) is 24.5 Å². The van der Waals surface area contributed by atoms with Crippen molar-refractivity contribution in [1.29, 1.82) is 0 Å². The van der Waals surface area contributed by atoms with Crippen LogP contribution in [-0.2, 0) is 6.54 Å². The van der Waals surface area contributed by atoms with E-state index in [1.54, 1.807) is 12.1 Å². The largest absolute Gasteiger partial charge is 0.573 e. The fourth-order valence-corrected chi connectivity index (χ4v) is 2.16. The quantitative estimate of drug-likeness (QED) is 0.784. The van der Waals surface area contributed by atoms with Crippen LogP contribution in [0.2, 0.25) is 0 Å². The van der Waals surface area contributed by atoms with Crippen LogP contribution in [0.15, 0.2) is 54.6 Å². The smallest absolute Gasteiger partial charge is 0.405 e. The zero-order valence-electron chi connectivity index (χ0n) is 12.8. The van der Waals surface area contributed by atoms with Gasteiger partial charge in [0.25, 0.3) is 0 Å². The molecule has 0 unspecified atom stereocenters. The van der Waals surface area contributed by atoms with Gasteiger partial charge in [-0.2, -0.15) is 0 Å². The number of benzene rings is 2. The molecular weight excluding hydrogens is 305 g/mol. The molecule has 2 aromatic rings. The lowest BCUT2D eigenvalue weighted by molar-refractivity contribution is -0.274. The van der Waals surface area contributed by atoms with Crippen LogP contribution in [0.3, 0.4) is 0 Å². The fraction of sp³-hybridized carbons (Fsp3) is 0.294. The monoisotopic (exact) mass is 324 g/mol. The Bertz CT molecular complexity index is 602. The Labute approximate surface area is 133 Å². The maximum Gasteiger partial charge on any atom is 0.573 e. The van der Waals surface area contributed by atoms with E-state index >= 15 is 0 Å². The summed E-state index contributed by atoms with van der Waals surface area (Å²) >= 11 is 0. The molecule has 3 nitrogen and oxygen atoms in total. The number of ether oxygens (including phenoxy) is 1. The molecule has 0 aliphatic rings. The second kappa shape index (κ2) is 7.87. The molecule has 0 heterocycles. The summed E-state index contributed by atoms with van der Waals surface area (Å²) in [7, 11) is 1.97. The predicted octanol–water partition coefficient (Wildman–Crippen LogP) is 3.81. The van der Waals surface area contributed by atoms with Crippen LogP contribution in [0.1, 0.15) is 5.56 Å². The van der Waals surface area contributed by atoms with Crippen molar-refractivity contribution >= 4 is 5.69 Å². The van der Waals surface area contributed by atoms with Gasteiger partial charge in [0.2, 0.25) is 0 Å². The Kier molecular flexibility index (Phi) is 5.87. The minimum absolute atomic E-state index is 0.163. The van der Waals surface area contributed by atoms with Gasteiger partial charge in [0.05, 0.1) is 0 Å². The van der Waals surface area contributed by atoms with Crippen LogP contribution in [0, 0.1) is 0 Å². The molecule has 6 heteroatoms. The molecule has 2 rings (SSSR count). The number of nitrogens with zero attached hydrogens (tertiary/aromatic N) is 1. The zero-order chi connectivity index (χ0) is 16.7. The predicted molar refractivity (Wildman–Crippen MR) is 84.5 cm³/mol. The zero-order valence-corrected chi connectivity index (χ0v) is 12.8. The van der Waals surface area contributed by atoms with Crippen molar-refractivity contribution in [2.45, 2.75) is 12.9 Å². The first-order valence-electron chi connectivity index (χ1n) is 7.26. The van der Waals surface area contributed by atoms with Gasteiger partial charge < -0.3 is 15.0 Å². The molecule has 0 fully saturated rings. The van der Waals surface area contributed by atoms with E-state index < -0.39 is 6.36 Å². The van der Waals surface area contributed by atoms with E-state index in [4.69, 9.17) is 0 Å². The number of para-hydroxylation sites is 2. The lowest BCUT2D eigenvalue weighted by atomic mass is 10.2. The lowest BCUT2D eigenvalue weighted by Crippen LogP contribution is -2.29. The van der Waals surface area contributed by atoms with Gasteiger partial charge in [0.15, 0.2) is 0 Å². The van der Waals surface area contributed by atoms with E-state index in [1.165, 1.54) is 12.1 Å². The Morgan fingerprint density at radius 2 is 1.65 bits per heavy atom. The summed E-state index contributed by atoms with van der Waals surface area (Å²) in [6, 6.07) is 16.0. The highest BCUT2D eigenvalue weighted by atomic mass is 19.4. The molecule has 1 N–H and O–H groups in total. The van der Waals surface area contributed by atoms with E-state index in [1.807, 2.05) is 37.4 Å². The molecule has 0 radical (unpaired) electrons. The second-order valence-electron chi connectivity index (χ2n) is 5.09. The number of anilines is 1. The number of halogens is 3. The molecule has 0 aliphatic carbocycles. The first-order chi connectivity index (χ1) is 11.0. The average Bonchev–Trinajstić information content (AvgIpc) is 2.52. The summed E-state index contributed by atoms with van der Waals surface area (Å²) in [6.45, 7) is 1.70. The molecule has 0 spiro atoms. The first kappa shape index (κ1) is 17.1. The summed E-state index contributed by atoms with van der Waals surface area (Å²) in [6.07, 6.45) is -4.68. The number of likely N-dealkylation sites (N-methyl/N-ethyl adjacent to an activating group) is 1. The third kappa shape index (κ3) is 5.83. The molecule has 0 atom stereocenters. The van der Waals surface area contributed by atoms with Crippen molar-refractivity contribution < 1.29 is 17.9 Å². The Balaban J connectivity index is 1.83. The van der Waals surface area contributed by atoms with Crippen LogP contribution < -0.4 is 15.0 Å². The SMILES string of the molecule is CN(CCNCc1ccccc1OC(F)(F)F)c1ccccc1.